The number of nitrogens with zero attached hydrogens (tertiary/aromatic N) is 5. The third kappa shape index (κ3) is 2.45. The summed E-state index contributed by atoms with van der Waals surface area (Å²) in [5, 5.41) is 0. The van der Waals surface area contributed by atoms with Crippen molar-refractivity contribution in [2.45, 2.75) is 33.0 Å². The number of urea groups is 1. The Morgan fingerprint density at radius 1 is 1.22 bits per heavy atom. The van der Waals surface area contributed by atoms with Crippen molar-refractivity contribution in [3.63, 3.8) is 0 Å². The molecule has 2 atom stereocenters. The molecule has 0 N–H and O–H groups in total. The molecule has 1 saturated heterocycles. The molecule has 3 aliphatic rings. The molecule has 0 bridgehead atoms. The van der Waals surface area contributed by atoms with Crippen LogP contribution in [0.2, 0.25) is 0 Å². The molecule has 0 saturated carbocycles. The lowest BCUT2D eigenvalue weighted by atomic mass is 10.1. The van der Waals surface area contributed by atoms with E-state index in [0.717, 1.165) is 22.5 Å². The van der Waals surface area contributed by atoms with Crippen LogP contribution < -0.4 is 4.90 Å². The number of benzene rings is 1. The van der Waals surface area contributed by atoms with E-state index in [4.69, 9.17) is 4.99 Å². The quantitative estimate of drug-likeness (QED) is 0.773. The number of aliphatic imine (C=N–C) groups is 1. The smallest absolute Gasteiger partial charge is 0.302 e. The van der Waals surface area contributed by atoms with Gasteiger partial charge in [-0.15, -0.1) is 0 Å². The molecule has 3 heterocycles. The third-order valence-electron chi connectivity index (χ3n) is 5.17. The molecular weight excluding hydrogens is 342 g/mol. The number of amides is 3. The zero-order chi connectivity index (χ0) is 19.5. The molecule has 0 aliphatic carbocycles. The van der Waals surface area contributed by atoms with Gasteiger partial charge in [0.15, 0.2) is 12.2 Å². The molecular formula is C20H23N5O2. The van der Waals surface area contributed by atoms with Gasteiger partial charge in [0, 0.05) is 18.9 Å². The number of fused-ring (bicyclic) bond motifs is 3. The van der Waals surface area contributed by atoms with Crippen LogP contribution in [0, 0.1) is 6.92 Å². The van der Waals surface area contributed by atoms with Crippen molar-refractivity contribution in [3.8, 4) is 0 Å². The zero-order valence-electron chi connectivity index (χ0n) is 16.0. The van der Waals surface area contributed by atoms with E-state index in [1.807, 2.05) is 61.0 Å². The van der Waals surface area contributed by atoms with Crippen molar-refractivity contribution in [1.29, 1.82) is 0 Å². The first kappa shape index (κ1) is 17.3. The summed E-state index contributed by atoms with van der Waals surface area (Å²) < 4.78 is 0. The first-order valence-corrected chi connectivity index (χ1v) is 8.94. The molecule has 3 aliphatic heterocycles. The van der Waals surface area contributed by atoms with Crippen LogP contribution in [-0.4, -0.2) is 58.4 Å². The molecule has 0 radical (unpaired) electrons. The number of imide groups is 1. The number of carbonyl (C=O) groups is 2. The standard InChI is InChI=1S/C20H23N5O2/c1-12(2)10-24-18(26)16-17(22(5)20(24)27)21-19-23(16)11-14(4)25(19)15-9-7-6-8-13(15)3/h6-9,11,16-17H,1,10H2,2-5H3. The Morgan fingerprint density at radius 3 is 2.59 bits per heavy atom. The van der Waals surface area contributed by atoms with Gasteiger partial charge in [-0.2, -0.15) is 0 Å². The molecule has 140 valence electrons. The third-order valence-corrected chi connectivity index (χ3v) is 5.17. The number of rotatable bonds is 3. The van der Waals surface area contributed by atoms with Gasteiger partial charge in [-0.05, 0) is 32.4 Å². The van der Waals surface area contributed by atoms with Crippen molar-refractivity contribution < 1.29 is 9.59 Å². The van der Waals surface area contributed by atoms with Crippen LogP contribution in [0.15, 0.2) is 53.3 Å². The van der Waals surface area contributed by atoms with E-state index >= 15 is 0 Å². The minimum absolute atomic E-state index is 0.221. The van der Waals surface area contributed by atoms with Crippen LogP contribution in [0.3, 0.4) is 0 Å². The molecule has 0 spiro atoms. The summed E-state index contributed by atoms with van der Waals surface area (Å²) in [4.78, 5) is 37.3. The molecule has 0 aromatic heterocycles. The Bertz CT molecular complexity index is 919. The summed E-state index contributed by atoms with van der Waals surface area (Å²) in [6.07, 6.45) is 1.41. The molecule has 7 nitrogen and oxygen atoms in total. The summed E-state index contributed by atoms with van der Waals surface area (Å²) in [6, 6.07) is 7.17. The van der Waals surface area contributed by atoms with Crippen LogP contribution >= 0.6 is 0 Å². The maximum absolute atomic E-state index is 13.1. The molecule has 2 unspecified atom stereocenters. The van der Waals surface area contributed by atoms with Gasteiger partial charge in [-0.3, -0.25) is 14.6 Å². The number of anilines is 1. The highest BCUT2D eigenvalue weighted by molar-refractivity contribution is 6.10. The lowest BCUT2D eigenvalue weighted by Gasteiger charge is -2.40. The van der Waals surface area contributed by atoms with E-state index in [1.54, 1.807) is 11.9 Å². The Labute approximate surface area is 158 Å². The van der Waals surface area contributed by atoms with E-state index in [-0.39, 0.29) is 18.5 Å². The summed E-state index contributed by atoms with van der Waals surface area (Å²) in [5.74, 6) is 0.447. The Balaban J connectivity index is 1.74. The van der Waals surface area contributed by atoms with Crippen LogP contribution in [-0.2, 0) is 4.79 Å². The molecule has 7 heteroatoms. The second kappa shape index (κ2) is 5.97. The minimum atomic E-state index is -0.550. The van der Waals surface area contributed by atoms with Gasteiger partial charge in [0.25, 0.3) is 5.91 Å². The molecule has 1 aromatic carbocycles. The van der Waals surface area contributed by atoms with Gasteiger partial charge < -0.3 is 9.80 Å². The number of aryl methyl sites for hydroxylation is 1. The van der Waals surface area contributed by atoms with Gasteiger partial charge in [-0.25, -0.2) is 9.79 Å². The maximum Gasteiger partial charge on any atom is 0.328 e. The molecule has 27 heavy (non-hydrogen) atoms. The lowest BCUT2D eigenvalue weighted by Crippen LogP contribution is -2.64. The summed E-state index contributed by atoms with van der Waals surface area (Å²) in [7, 11) is 1.69. The van der Waals surface area contributed by atoms with Crippen LogP contribution in [0.5, 0.6) is 0 Å². The lowest BCUT2D eigenvalue weighted by molar-refractivity contribution is -0.136. The molecule has 4 rings (SSSR count). The molecule has 3 amide bonds. The second-order valence-electron chi connectivity index (χ2n) is 7.36. The van der Waals surface area contributed by atoms with Crippen molar-refractivity contribution in [2.24, 2.45) is 4.99 Å². The fourth-order valence-corrected chi connectivity index (χ4v) is 3.88. The Kier molecular flexibility index (Phi) is 3.83. The van der Waals surface area contributed by atoms with E-state index in [2.05, 4.69) is 6.58 Å². The number of para-hydroxylation sites is 1. The average molecular weight is 365 g/mol. The van der Waals surface area contributed by atoms with Crippen LogP contribution in [0.1, 0.15) is 19.4 Å². The van der Waals surface area contributed by atoms with Crippen molar-refractivity contribution in [3.05, 3.63) is 53.9 Å². The van der Waals surface area contributed by atoms with E-state index < -0.39 is 12.2 Å². The average Bonchev–Trinajstić information content (AvgIpc) is 3.12. The highest BCUT2D eigenvalue weighted by Gasteiger charge is 2.54. The monoisotopic (exact) mass is 365 g/mol. The SMILES string of the molecule is C=C(C)CN1C(=O)C2C(N=C3N(c4ccccc4C)C(C)=CN32)N(C)C1=O. The largest absolute Gasteiger partial charge is 0.328 e. The highest BCUT2D eigenvalue weighted by atomic mass is 16.2. The number of allylic oxidation sites excluding steroid dienone is 1. The summed E-state index contributed by atoms with van der Waals surface area (Å²) >= 11 is 0. The fourth-order valence-electron chi connectivity index (χ4n) is 3.88. The van der Waals surface area contributed by atoms with E-state index in [1.165, 1.54) is 4.90 Å². The van der Waals surface area contributed by atoms with Gasteiger partial charge >= 0.3 is 6.03 Å². The van der Waals surface area contributed by atoms with E-state index in [0.29, 0.717) is 5.96 Å². The fraction of sp³-hybridized carbons (Fsp3) is 0.350. The summed E-state index contributed by atoms with van der Waals surface area (Å²) in [6.45, 7) is 9.91. The second-order valence-corrected chi connectivity index (χ2v) is 7.36. The highest BCUT2D eigenvalue weighted by Crippen LogP contribution is 2.37. The minimum Gasteiger partial charge on any atom is -0.302 e. The number of hydrogen-bond donors (Lipinski definition) is 0. The Hall–Kier alpha value is -3.09. The number of guanidine groups is 1. The van der Waals surface area contributed by atoms with Crippen molar-refractivity contribution in [1.82, 2.24) is 14.7 Å². The molecule has 1 aromatic rings. The number of likely N-dealkylation sites (N-methyl/N-ethyl adjacent to an activating group) is 1. The number of carbonyl (C=O) groups excluding carboxylic acids is 2. The van der Waals surface area contributed by atoms with Gasteiger partial charge in [0.05, 0.1) is 12.2 Å². The maximum atomic E-state index is 13.1. The van der Waals surface area contributed by atoms with Crippen LogP contribution in [0.4, 0.5) is 10.5 Å². The first-order valence-electron chi connectivity index (χ1n) is 8.94. The predicted octanol–water partition coefficient (Wildman–Crippen LogP) is 2.51. The van der Waals surface area contributed by atoms with Gasteiger partial charge in [0.2, 0.25) is 5.96 Å². The summed E-state index contributed by atoms with van der Waals surface area (Å²) in [5.41, 5.74) is 3.88. The van der Waals surface area contributed by atoms with Gasteiger partial charge in [0.1, 0.15) is 0 Å². The number of hydrogen-bond acceptors (Lipinski definition) is 5. The van der Waals surface area contributed by atoms with Crippen LogP contribution in [0.25, 0.3) is 0 Å². The van der Waals surface area contributed by atoms with Crippen molar-refractivity contribution in [2.75, 3.05) is 18.5 Å². The van der Waals surface area contributed by atoms with E-state index in [9.17, 15) is 9.59 Å². The Morgan fingerprint density at radius 2 is 1.93 bits per heavy atom. The first-order chi connectivity index (χ1) is 12.8. The van der Waals surface area contributed by atoms with Crippen molar-refractivity contribution >= 4 is 23.6 Å². The molecule has 1 fully saturated rings. The normalized spacial score (nSPS) is 24.1. The zero-order valence-corrected chi connectivity index (χ0v) is 16.0. The van der Waals surface area contributed by atoms with Gasteiger partial charge in [-0.1, -0.05) is 30.4 Å². The predicted molar refractivity (Wildman–Crippen MR) is 104 cm³/mol. The topological polar surface area (TPSA) is 59.5 Å².